The Bertz CT molecular complexity index is 949. The van der Waals surface area contributed by atoms with Crippen molar-refractivity contribution in [3.63, 3.8) is 0 Å². The van der Waals surface area contributed by atoms with Crippen molar-refractivity contribution in [1.29, 1.82) is 0 Å². The minimum absolute atomic E-state index is 0.345. The van der Waals surface area contributed by atoms with E-state index in [2.05, 4.69) is 4.18 Å². The summed E-state index contributed by atoms with van der Waals surface area (Å²) < 4.78 is 88.8. The third kappa shape index (κ3) is 4.37. The zero-order chi connectivity index (χ0) is 24.9. The first-order valence-corrected chi connectivity index (χ1v) is 11.1. The minimum Gasteiger partial charge on any atom is -0.394 e. The zero-order valence-corrected chi connectivity index (χ0v) is 17.8. The van der Waals surface area contributed by atoms with Crippen LogP contribution < -0.4 is 5.32 Å². The van der Waals surface area contributed by atoms with Gasteiger partial charge in [-0.1, -0.05) is 0 Å². The number of carbonyl (C=O) groups is 2. The van der Waals surface area contributed by atoms with Gasteiger partial charge in [0.25, 0.3) is 5.91 Å². The maximum atomic E-state index is 14.3. The molecule has 2 saturated heterocycles. The Labute approximate surface area is 188 Å². The summed E-state index contributed by atoms with van der Waals surface area (Å²) in [7, 11) is -6.13. The van der Waals surface area contributed by atoms with Crippen LogP contribution in [0.5, 0.6) is 0 Å². The van der Waals surface area contributed by atoms with E-state index in [1.807, 2.05) is 0 Å². The van der Waals surface area contributed by atoms with Gasteiger partial charge in [0.2, 0.25) is 18.3 Å². The van der Waals surface area contributed by atoms with Crippen LogP contribution in [0, 0.1) is 0 Å². The highest BCUT2D eigenvalue weighted by Crippen LogP contribution is 2.42. The molecule has 0 saturated carbocycles. The van der Waals surface area contributed by atoms with Crippen LogP contribution >= 0.6 is 11.6 Å². The van der Waals surface area contributed by atoms with Crippen molar-refractivity contribution in [1.82, 2.24) is 5.32 Å². The number of carbonyl (C=O) groups excluding carboxylic acids is 2. The van der Waals surface area contributed by atoms with Crippen molar-refractivity contribution in [3.8, 4) is 0 Å². The fraction of sp³-hybridized carbons (Fsp3) is 0.733. The van der Waals surface area contributed by atoms with Gasteiger partial charge < -0.3 is 24.8 Å². The molecular weight excluding hydrogens is 512 g/mol. The van der Waals surface area contributed by atoms with Gasteiger partial charge in [-0.25, -0.2) is 10.1 Å². The summed E-state index contributed by atoms with van der Waals surface area (Å²) in [5.41, 5.74) is -5.79. The lowest BCUT2D eigenvalue weighted by Crippen LogP contribution is -2.70. The van der Waals surface area contributed by atoms with Gasteiger partial charge in [0, 0.05) is 0 Å². The Morgan fingerprint density at radius 2 is 1.85 bits per heavy atom. The van der Waals surface area contributed by atoms with Crippen molar-refractivity contribution in [2.24, 2.45) is 0 Å². The maximum Gasteiger partial charge on any atom is 0.523 e. The van der Waals surface area contributed by atoms with Crippen LogP contribution in [0.1, 0.15) is 6.42 Å². The van der Waals surface area contributed by atoms with Crippen LogP contribution in [0.3, 0.4) is 0 Å². The fourth-order valence-electron chi connectivity index (χ4n) is 3.78. The number of imide groups is 1. The van der Waals surface area contributed by atoms with E-state index in [1.165, 1.54) is 0 Å². The largest absolute Gasteiger partial charge is 0.523 e. The average molecular weight is 530 g/mol. The summed E-state index contributed by atoms with van der Waals surface area (Å²) in [6.45, 7) is -0.854. The second-order valence-corrected chi connectivity index (χ2v) is 9.23. The number of nitrogens with one attached hydrogen (secondary N) is 1. The molecule has 0 bridgehead atoms. The first-order valence-electron chi connectivity index (χ1n) is 9.15. The topological polar surface area (TPSA) is 169 Å². The van der Waals surface area contributed by atoms with Gasteiger partial charge in [-0.15, -0.1) is 11.6 Å². The van der Waals surface area contributed by atoms with E-state index in [4.69, 9.17) is 21.1 Å². The van der Waals surface area contributed by atoms with Gasteiger partial charge in [0.15, 0.2) is 12.3 Å². The molecule has 8 atom stereocenters. The number of nitrogens with zero attached hydrogens (tertiary/aromatic N) is 1. The van der Waals surface area contributed by atoms with Gasteiger partial charge in [-0.3, -0.25) is 8.98 Å². The molecule has 3 heterocycles. The van der Waals surface area contributed by atoms with Crippen molar-refractivity contribution in [2.45, 2.75) is 54.9 Å². The van der Waals surface area contributed by atoms with Crippen molar-refractivity contribution in [2.75, 3.05) is 12.5 Å². The Balaban J connectivity index is 2.04. The second kappa shape index (κ2) is 8.97. The van der Waals surface area contributed by atoms with Gasteiger partial charge in [-0.05, 0) is 0 Å². The quantitative estimate of drug-likeness (QED) is 0.109. The maximum absolute atomic E-state index is 14.3. The van der Waals surface area contributed by atoms with Crippen LogP contribution in [-0.4, -0.2) is 101 Å². The van der Waals surface area contributed by atoms with E-state index >= 15 is 0 Å². The van der Waals surface area contributed by atoms with E-state index in [9.17, 15) is 50.9 Å². The fourth-order valence-corrected chi connectivity index (χ4v) is 4.69. The Hall–Kier alpha value is -1.44. The number of rotatable bonds is 6. The highest BCUT2D eigenvalue weighted by molar-refractivity contribution is 7.87. The lowest BCUT2D eigenvalue weighted by molar-refractivity contribution is -0.901. The number of ether oxygens (including phenoxy) is 2. The average Bonchev–Trinajstić information content (AvgIpc) is 3.25. The molecule has 18 heteroatoms. The van der Waals surface area contributed by atoms with E-state index in [1.54, 1.807) is 5.32 Å². The minimum atomic E-state index is -6.13. The zero-order valence-electron chi connectivity index (χ0n) is 16.2. The molecule has 0 aromatic heterocycles. The summed E-state index contributed by atoms with van der Waals surface area (Å²) in [6, 6.07) is -1.38. The number of alkyl halides is 4. The lowest BCUT2D eigenvalue weighted by atomic mass is 10.1. The number of quaternary nitrogens is 1. The molecule has 3 aliphatic heterocycles. The standard InChI is InChI=1S/C15H17ClF4N2O10S/c16-2-7-6(32-33(28,29)15(18,19)20)1-9(30-7)22(3-5(17)12(26)21-14(22)27)13-11(25)10(24)8(4-23)31-13/h3,6-11,13,23-25H,1-2,4H2/p+1/t6-,7+,8+,9-,10+,11+,13+,22?/m0/s1. The molecule has 3 rings (SSSR count). The van der Waals surface area contributed by atoms with Gasteiger partial charge in [0.05, 0.1) is 18.9 Å². The van der Waals surface area contributed by atoms with E-state index in [0.29, 0.717) is 6.20 Å². The Morgan fingerprint density at radius 1 is 1.21 bits per heavy atom. The molecule has 3 amide bonds. The number of urea groups is 1. The Morgan fingerprint density at radius 3 is 2.36 bits per heavy atom. The van der Waals surface area contributed by atoms with Crippen molar-refractivity contribution >= 4 is 33.7 Å². The van der Waals surface area contributed by atoms with Gasteiger partial charge in [-0.2, -0.15) is 30.5 Å². The molecule has 0 aromatic rings. The molecule has 3 aliphatic rings. The molecule has 188 valence electrons. The molecular formula is C15H18ClF4N2O10S+. The van der Waals surface area contributed by atoms with E-state index in [0.717, 1.165) is 0 Å². The van der Waals surface area contributed by atoms with Crippen LogP contribution in [0.4, 0.5) is 22.4 Å². The molecule has 0 aromatic carbocycles. The second-order valence-electron chi connectivity index (χ2n) is 7.35. The first-order chi connectivity index (χ1) is 15.2. The molecule has 12 nitrogen and oxygen atoms in total. The molecule has 0 spiro atoms. The number of halogens is 5. The molecule has 0 radical (unpaired) electrons. The van der Waals surface area contributed by atoms with Gasteiger partial charge >= 0.3 is 21.7 Å². The number of hydrogen-bond donors (Lipinski definition) is 4. The number of hydrogen-bond acceptors (Lipinski definition) is 10. The first kappa shape index (κ1) is 26.2. The number of aliphatic hydroxyl groups is 3. The predicted molar refractivity (Wildman–Crippen MR) is 94.6 cm³/mol. The van der Waals surface area contributed by atoms with Crippen molar-refractivity contribution in [3.05, 3.63) is 12.0 Å². The number of aliphatic hydroxyl groups excluding tert-OH is 3. The van der Waals surface area contributed by atoms with Gasteiger partial charge in [0.1, 0.15) is 24.4 Å². The predicted octanol–water partition coefficient (Wildman–Crippen LogP) is -1.11. The third-order valence-corrected chi connectivity index (χ3v) is 6.77. The van der Waals surface area contributed by atoms with Crippen molar-refractivity contribution < 1.29 is 69.0 Å². The van der Waals surface area contributed by atoms with Crippen LogP contribution in [0.25, 0.3) is 0 Å². The van der Waals surface area contributed by atoms with Crippen LogP contribution in [0.15, 0.2) is 12.0 Å². The lowest BCUT2D eigenvalue weighted by Gasteiger charge is -2.42. The molecule has 1 unspecified atom stereocenters. The molecule has 2 fully saturated rings. The third-order valence-electron chi connectivity index (χ3n) is 5.40. The van der Waals surface area contributed by atoms with E-state index in [-0.39, 0.29) is 0 Å². The number of amides is 3. The molecule has 33 heavy (non-hydrogen) atoms. The highest BCUT2D eigenvalue weighted by Gasteiger charge is 2.65. The smallest absolute Gasteiger partial charge is 0.394 e. The summed E-state index contributed by atoms with van der Waals surface area (Å²) in [6.07, 6.45) is -12.9. The van der Waals surface area contributed by atoms with E-state index < -0.39 is 99.8 Å². The summed E-state index contributed by atoms with van der Waals surface area (Å²) in [5.74, 6) is -3.69. The van der Waals surface area contributed by atoms with Crippen LogP contribution in [-0.2, 0) is 28.6 Å². The summed E-state index contributed by atoms with van der Waals surface area (Å²) >= 11 is 5.65. The monoisotopic (exact) mass is 529 g/mol. The summed E-state index contributed by atoms with van der Waals surface area (Å²) in [4.78, 5) is 24.5. The highest BCUT2D eigenvalue weighted by atomic mass is 35.5. The molecule has 0 aliphatic carbocycles. The van der Waals surface area contributed by atoms with Crippen LogP contribution in [0.2, 0.25) is 0 Å². The molecule has 4 N–H and O–H groups in total. The summed E-state index contributed by atoms with van der Waals surface area (Å²) in [5, 5.41) is 31.4. The SMILES string of the molecule is O=C1NC(=O)[N+]([C@@H]2C[C@H](OS(=O)(=O)C(F)(F)F)[C@@H](CCl)O2)([C@@H]2O[C@H](CO)[C@@H](O)[C@H]2O)C=C1F. The normalized spacial score (nSPS) is 40.1. The Kier molecular flexibility index (Phi) is 7.11.